The van der Waals surface area contributed by atoms with Gasteiger partial charge in [0.15, 0.2) is 5.82 Å². The summed E-state index contributed by atoms with van der Waals surface area (Å²) in [5.41, 5.74) is 0. The number of anilines is 1. The monoisotopic (exact) mass is 376 g/mol. The molecule has 7 heteroatoms. The number of rotatable bonds is 2. The number of hydrogen-bond acceptors (Lipinski definition) is 4. The Morgan fingerprint density at radius 3 is 2.79 bits per heavy atom. The Bertz CT molecular complexity index is 454. The standard InChI is InChI=1S/C12H17IN4O2/c1-8-7-9(5-6-17(8)12(18)19)16(2)11-4-3-10(13)14-15-11/h3-4,8-9H,5-7H2,1-2H3,(H,18,19)/t8-,9-/m1/s1. The van der Waals surface area contributed by atoms with E-state index >= 15 is 0 Å². The van der Waals surface area contributed by atoms with E-state index in [0.29, 0.717) is 12.6 Å². The first kappa shape index (κ1) is 14.3. The number of likely N-dealkylation sites (tertiary alicyclic amines) is 1. The largest absolute Gasteiger partial charge is 0.465 e. The molecule has 0 saturated carbocycles. The Balaban J connectivity index is 2.03. The maximum Gasteiger partial charge on any atom is 0.407 e. The van der Waals surface area contributed by atoms with Crippen molar-refractivity contribution in [3.8, 4) is 0 Å². The number of carbonyl (C=O) groups is 1. The lowest BCUT2D eigenvalue weighted by Crippen LogP contribution is -2.50. The second-order valence-electron chi connectivity index (χ2n) is 4.83. The molecule has 1 saturated heterocycles. The lowest BCUT2D eigenvalue weighted by atomic mass is 9.97. The van der Waals surface area contributed by atoms with Crippen LogP contribution in [0, 0.1) is 3.70 Å². The number of piperidine rings is 1. The van der Waals surface area contributed by atoms with Crippen LogP contribution in [-0.4, -0.2) is 52.0 Å². The summed E-state index contributed by atoms with van der Waals surface area (Å²) in [7, 11) is 1.99. The van der Waals surface area contributed by atoms with Crippen LogP contribution in [-0.2, 0) is 0 Å². The SMILES string of the molecule is C[C@@H]1C[C@H](N(C)c2ccc(I)nn2)CCN1C(=O)O. The van der Waals surface area contributed by atoms with Gasteiger partial charge in [-0.3, -0.25) is 0 Å². The van der Waals surface area contributed by atoms with Crippen LogP contribution >= 0.6 is 22.6 Å². The van der Waals surface area contributed by atoms with E-state index in [2.05, 4.69) is 37.7 Å². The van der Waals surface area contributed by atoms with Crippen LogP contribution in [0.4, 0.5) is 10.6 Å². The highest BCUT2D eigenvalue weighted by molar-refractivity contribution is 14.1. The van der Waals surface area contributed by atoms with Crippen molar-refractivity contribution in [1.29, 1.82) is 0 Å². The predicted octanol–water partition coefficient (Wildman–Crippen LogP) is 2.05. The first-order valence-corrected chi connectivity index (χ1v) is 7.28. The van der Waals surface area contributed by atoms with E-state index in [1.807, 2.05) is 26.1 Å². The van der Waals surface area contributed by atoms with Crippen molar-refractivity contribution in [2.75, 3.05) is 18.5 Å². The van der Waals surface area contributed by atoms with Gasteiger partial charge in [-0.1, -0.05) is 0 Å². The van der Waals surface area contributed by atoms with Crippen molar-refractivity contribution in [1.82, 2.24) is 15.1 Å². The van der Waals surface area contributed by atoms with E-state index in [1.54, 1.807) is 0 Å². The van der Waals surface area contributed by atoms with Crippen LogP contribution in [0.3, 0.4) is 0 Å². The molecule has 1 aliphatic rings. The molecule has 0 spiro atoms. The van der Waals surface area contributed by atoms with Gasteiger partial charge in [0.1, 0.15) is 3.70 Å². The second-order valence-corrected chi connectivity index (χ2v) is 5.93. The minimum absolute atomic E-state index is 0.0375. The highest BCUT2D eigenvalue weighted by atomic mass is 127. The average molecular weight is 376 g/mol. The topological polar surface area (TPSA) is 69.6 Å². The first-order valence-electron chi connectivity index (χ1n) is 6.20. The summed E-state index contributed by atoms with van der Waals surface area (Å²) in [5.74, 6) is 0.835. The minimum atomic E-state index is -0.831. The zero-order valence-corrected chi connectivity index (χ0v) is 13.1. The maximum absolute atomic E-state index is 11.0. The van der Waals surface area contributed by atoms with Crippen LogP contribution in [0.2, 0.25) is 0 Å². The van der Waals surface area contributed by atoms with Gasteiger partial charge in [-0.15, -0.1) is 10.2 Å². The van der Waals surface area contributed by atoms with E-state index in [4.69, 9.17) is 5.11 Å². The highest BCUT2D eigenvalue weighted by Gasteiger charge is 2.30. The molecular formula is C12H17IN4O2. The molecular weight excluding hydrogens is 359 g/mol. The summed E-state index contributed by atoms with van der Waals surface area (Å²) in [6, 6.07) is 4.22. The number of amides is 1. The Labute approximate surface area is 125 Å². The van der Waals surface area contributed by atoms with Crippen molar-refractivity contribution in [2.24, 2.45) is 0 Å². The van der Waals surface area contributed by atoms with Gasteiger partial charge in [0.25, 0.3) is 0 Å². The molecule has 0 bridgehead atoms. The Kier molecular flexibility index (Phi) is 4.43. The van der Waals surface area contributed by atoms with Crippen LogP contribution in [0.25, 0.3) is 0 Å². The third-order valence-corrected chi connectivity index (χ3v) is 4.20. The summed E-state index contributed by atoms with van der Waals surface area (Å²) in [6.45, 7) is 2.52. The number of aromatic nitrogens is 2. The molecule has 0 radical (unpaired) electrons. The van der Waals surface area contributed by atoms with Gasteiger partial charge in [0, 0.05) is 25.7 Å². The van der Waals surface area contributed by atoms with Crippen LogP contribution in [0.1, 0.15) is 19.8 Å². The van der Waals surface area contributed by atoms with E-state index in [9.17, 15) is 4.79 Å². The van der Waals surface area contributed by atoms with Crippen LogP contribution in [0.5, 0.6) is 0 Å². The van der Waals surface area contributed by atoms with E-state index in [-0.39, 0.29) is 6.04 Å². The van der Waals surface area contributed by atoms with Gasteiger partial charge in [0.05, 0.1) is 0 Å². The number of nitrogens with zero attached hydrogens (tertiary/aromatic N) is 4. The lowest BCUT2D eigenvalue weighted by Gasteiger charge is -2.40. The summed E-state index contributed by atoms with van der Waals surface area (Å²) in [5, 5.41) is 17.3. The van der Waals surface area contributed by atoms with Gasteiger partial charge in [0.2, 0.25) is 0 Å². The van der Waals surface area contributed by atoms with Gasteiger partial charge in [-0.25, -0.2) is 4.79 Å². The number of halogens is 1. The van der Waals surface area contributed by atoms with Gasteiger partial charge >= 0.3 is 6.09 Å². The Morgan fingerprint density at radius 1 is 1.53 bits per heavy atom. The maximum atomic E-state index is 11.0. The third-order valence-electron chi connectivity index (χ3n) is 3.62. The molecule has 1 fully saturated rings. The first-order chi connectivity index (χ1) is 8.99. The fraction of sp³-hybridized carbons (Fsp3) is 0.583. The smallest absolute Gasteiger partial charge is 0.407 e. The summed E-state index contributed by atoms with van der Waals surface area (Å²) in [6.07, 6.45) is 0.805. The van der Waals surface area contributed by atoms with Crippen molar-refractivity contribution in [3.63, 3.8) is 0 Å². The molecule has 0 aliphatic carbocycles. The molecule has 1 amide bonds. The molecule has 2 atom stereocenters. The molecule has 2 heterocycles. The van der Waals surface area contributed by atoms with E-state index in [1.165, 1.54) is 4.90 Å². The molecule has 1 aliphatic heterocycles. The normalized spacial score (nSPS) is 23.2. The van der Waals surface area contributed by atoms with Gasteiger partial charge < -0.3 is 14.9 Å². The van der Waals surface area contributed by atoms with Crippen LogP contribution < -0.4 is 4.90 Å². The summed E-state index contributed by atoms with van der Waals surface area (Å²) in [4.78, 5) is 14.6. The molecule has 6 nitrogen and oxygen atoms in total. The number of hydrogen-bond donors (Lipinski definition) is 1. The molecule has 2 rings (SSSR count). The van der Waals surface area contributed by atoms with Crippen molar-refractivity contribution >= 4 is 34.5 Å². The quantitative estimate of drug-likeness (QED) is 0.801. The van der Waals surface area contributed by atoms with Gasteiger partial charge in [-0.2, -0.15) is 0 Å². The minimum Gasteiger partial charge on any atom is -0.465 e. The van der Waals surface area contributed by atoms with Crippen molar-refractivity contribution in [2.45, 2.75) is 31.8 Å². The highest BCUT2D eigenvalue weighted by Crippen LogP contribution is 2.24. The summed E-state index contributed by atoms with van der Waals surface area (Å²) < 4.78 is 0.865. The third kappa shape index (κ3) is 3.26. The average Bonchev–Trinajstić information content (AvgIpc) is 2.38. The zero-order valence-electron chi connectivity index (χ0n) is 11.0. The molecule has 1 aromatic rings. The Morgan fingerprint density at radius 2 is 2.26 bits per heavy atom. The van der Waals surface area contributed by atoms with E-state index in [0.717, 1.165) is 22.4 Å². The molecule has 104 valence electrons. The van der Waals surface area contributed by atoms with Crippen molar-refractivity contribution in [3.05, 3.63) is 15.8 Å². The Hall–Kier alpha value is -1.12. The van der Waals surface area contributed by atoms with Crippen LogP contribution in [0.15, 0.2) is 12.1 Å². The fourth-order valence-corrected chi connectivity index (χ4v) is 2.76. The lowest BCUT2D eigenvalue weighted by molar-refractivity contribution is 0.107. The predicted molar refractivity (Wildman–Crippen MR) is 80.4 cm³/mol. The number of carboxylic acid groups (broad SMARTS) is 1. The van der Waals surface area contributed by atoms with E-state index < -0.39 is 6.09 Å². The van der Waals surface area contributed by atoms with Gasteiger partial charge in [-0.05, 0) is 54.5 Å². The second kappa shape index (κ2) is 5.89. The molecule has 0 unspecified atom stereocenters. The molecule has 1 N–H and O–H groups in total. The van der Waals surface area contributed by atoms with Crippen molar-refractivity contribution < 1.29 is 9.90 Å². The summed E-state index contributed by atoms with van der Waals surface area (Å²) >= 11 is 2.12. The zero-order chi connectivity index (χ0) is 14.0. The fourth-order valence-electron chi connectivity index (χ4n) is 2.47. The molecule has 0 aromatic carbocycles. The molecule has 19 heavy (non-hydrogen) atoms. The molecule has 1 aromatic heterocycles.